The highest BCUT2D eigenvalue weighted by Gasteiger charge is 2.01. The number of nitrogens with zero attached hydrogens (tertiary/aromatic N) is 1. The molecule has 0 spiro atoms. The van der Waals surface area contributed by atoms with Crippen LogP contribution in [0.2, 0.25) is 0 Å². The molecule has 13 heavy (non-hydrogen) atoms. The summed E-state index contributed by atoms with van der Waals surface area (Å²) in [5.74, 6) is 0.814. The molecule has 0 aliphatic rings. The third-order valence-electron chi connectivity index (χ3n) is 1.78. The Morgan fingerprint density at radius 2 is 2.08 bits per heavy atom. The van der Waals surface area contributed by atoms with E-state index < -0.39 is 6.04 Å². The van der Waals surface area contributed by atoms with Gasteiger partial charge in [0.05, 0.1) is 19.2 Å². The largest absolute Gasteiger partial charge is 0.497 e. The summed E-state index contributed by atoms with van der Waals surface area (Å²) in [4.78, 5) is 0. The quantitative estimate of drug-likeness (QED) is 0.749. The lowest BCUT2D eigenvalue weighted by Gasteiger charge is -2.04. The molecule has 1 aromatic carbocycles. The number of nitriles is 1. The predicted octanol–water partition coefficient (Wildman–Crippen LogP) is 1.09. The first-order chi connectivity index (χ1) is 6.26. The third-order valence-corrected chi connectivity index (χ3v) is 1.78. The smallest absolute Gasteiger partial charge is 0.118 e. The minimum Gasteiger partial charge on any atom is -0.497 e. The number of rotatable bonds is 3. The van der Waals surface area contributed by atoms with E-state index >= 15 is 0 Å². The lowest BCUT2D eigenvalue weighted by Crippen LogP contribution is -2.19. The van der Waals surface area contributed by atoms with Crippen molar-refractivity contribution in [3.8, 4) is 11.8 Å². The van der Waals surface area contributed by atoms with Gasteiger partial charge in [0, 0.05) is 6.42 Å². The number of methoxy groups -OCH3 is 1. The Labute approximate surface area is 77.7 Å². The van der Waals surface area contributed by atoms with Crippen molar-refractivity contribution >= 4 is 0 Å². The molecular weight excluding hydrogens is 164 g/mol. The van der Waals surface area contributed by atoms with Gasteiger partial charge in [0.2, 0.25) is 0 Å². The summed E-state index contributed by atoms with van der Waals surface area (Å²) in [6, 6.07) is 9.11. The van der Waals surface area contributed by atoms with Crippen LogP contribution in [0, 0.1) is 11.3 Å². The Hall–Kier alpha value is -1.53. The van der Waals surface area contributed by atoms with Crippen molar-refractivity contribution in [2.75, 3.05) is 7.11 Å². The summed E-state index contributed by atoms with van der Waals surface area (Å²) in [6.45, 7) is 0. The topological polar surface area (TPSA) is 59.0 Å². The number of hydrogen-bond acceptors (Lipinski definition) is 3. The van der Waals surface area contributed by atoms with Gasteiger partial charge in [-0.15, -0.1) is 0 Å². The molecule has 0 unspecified atom stereocenters. The van der Waals surface area contributed by atoms with Gasteiger partial charge in [-0.3, -0.25) is 0 Å². The van der Waals surface area contributed by atoms with Crippen LogP contribution in [0.5, 0.6) is 5.75 Å². The summed E-state index contributed by atoms with van der Waals surface area (Å²) < 4.78 is 5.00. The lowest BCUT2D eigenvalue weighted by molar-refractivity contribution is 0.414. The third kappa shape index (κ3) is 2.77. The van der Waals surface area contributed by atoms with E-state index in [0.29, 0.717) is 6.42 Å². The Balaban J connectivity index is 2.65. The van der Waals surface area contributed by atoms with Gasteiger partial charge in [0.1, 0.15) is 5.75 Å². The van der Waals surface area contributed by atoms with Crippen LogP contribution >= 0.6 is 0 Å². The standard InChI is InChI=1S/C10H12N2O/c1-13-10-4-2-8(3-5-10)6-9(12)7-11/h2-5,9H,6,12H2,1H3/t9-/m1/s1. The zero-order valence-corrected chi connectivity index (χ0v) is 7.53. The summed E-state index contributed by atoms with van der Waals surface area (Å²) in [5, 5.41) is 8.50. The maximum absolute atomic E-state index is 8.50. The molecule has 0 radical (unpaired) electrons. The number of hydrogen-bond donors (Lipinski definition) is 1. The van der Waals surface area contributed by atoms with E-state index in [1.807, 2.05) is 30.3 Å². The zero-order chi connectivity index (χ0) is 9.68. The fraction of sp³-hybridized carbons (Fsp3) is 0.300. The molecule has 0 aliphatic carbocycles. The molecule has 2 N–H and O–H groups in total. The van der Waals surface area contributed by atoms with Crippen LogP contribution in [0.4, 0.5) is 0 Å². The molecule has 0 fully saturated rings. The Kier molecular flexibility index (Phi) is 3.30. The molecular formula is C10H12N2O. The van der Waals surface area contributed by atoms with Gasteiger partial charge in [-0.25, -0.2) is 0 Å². The molecule has 0 aromatic heterocycles. The zero-order valence-electron chi connectivity index (χ0n) is 7.53. The molecule has 0 heterocycles. The lowest BCUT2D eigenvalue weighted by atomic mass is 10.1. The summed E-state index contributed by atoms with van der Waals surface area (Å²) in [7, 11) is 1.62. The normalized spacial score (nSPS) is 11.8. The van der Waals surface area contributed by atoms with Crippen molar-refractivity contribution in [3.05, 3.63) is 29.8 Å². The Morgan fingerprint density at radius 3 is 2.54 bits per heavy atom. The fourth-order valence-electron chi connectivity index (χ4n) is 1.06. The van der Waals surface area contributed by atoms with Crippen LogP contribution in [0.15, 0.2) is 24.3 Å². The van der Waals surface area contributed by atoms with Crippen LogP contribution in [0.3, 0.4) is 0 Å². The first-order valence-electron chi connectivity index (χ1n) is 4.04. The van der Waals surface area contributed by atoms with E-state index in [0.717, 1.165) is 11.3 Å². The highest BCUT2D eigenvalue weighted by atomic mass is 16.5. The van der Waals surface area contributed by atoms with Gasteiger partial charge in [-0.05, 0) is 17.7 Å². The molecule has 68 valence electrons. The van der Waals surface area contributed by atoms with Crippen LogP contribution in [0.25, 0.3) is 0 Å². The van der Waals surface area contributed by atoms with Gasteiger partial charge < -0.3 is 10.5 Å². The fourth-order valence-corrected chi connectivity index (χ4v) is 1.06. The molecule has 0 amide bonds. The molecule has 0 aliphatic heterocycles. The number of ether oxygens (including phenoxy) is 1. The Bertz CT molecular complexity index is 300. The minimum absolute atomic E-state index is 0.423. The van der Waals surface area contributed by atoms with E-state index in [2.05, 4.69) is 0 Å². The molecule has 1 rings (SSSR count). The summed E-state index contributed by atoms with van der Waals surface area (Å²) in [5.41, 5.74) is 6.53. The van der Waals surface area contributed by atoms with Crippen molar-refractivity contribution in [2.24, 2.45) is 5.73 Å². The second kappa shape index (κ2) is 4.48. The van der Waals surface area contributed by atoms with Crippen LogP contribution in [-0.2, 0) is 6.42 Å². The van der Waals surface area contributed by atoms with Gasteiger partial charge in [-0.1, -0.05) is 12.1 Å². The van der Waals surface area contributed by atoms with E-state index in [4.69, 9.17) is 15.7 Å². The molecule has 1 atom stereocenters. The highest BCUT2D eigenvalue weighted by molar-refractivity contribution is 5.28. The van der Waals surface area contributed by atoms with Crippen molar-refractivity contribution in [1.82, 2.24) is 0 Å². The van der Waals surface area contributed by atoms with Crippen molar-refractivity contribution in [3.63, 3.8) is 0 Å². The predicted molar refractivity (Wildman–Crippen MR) is 50.3 cm³/mol. The van der Waals surface area contributed by atoms with Gasteiger partial charge in [0.25, 0.3) is 0 Å². The molecule has 1 aromatic rings. The van der Waals surface area contributed by atoms with Crippen molar-refractivity contribution < 1.29 is 4.74 Å². The van der Waals surface area contributed by atoms with Crippen LogP contribution in [0.1, 0.15) is 5.56 Å². The molecule has 0 saturated heterocycles. The first kappa shape index (κ1) is 9.56. The van der Waals surface area contributed by atoms with Gasteiger partial charge >= 0.3 is 0 Å². The monoisotopic (exact) mass is 176 g/mol. The summed E-state index contributed by atoms with van der Waals surface area (Å²) >= 11 is 0. The average Bonchev–Trinajstić information content (AvgIpc) is 2.19. The molecule has 3 nitrogen and oxygen atoms in total. The Morgan fingerprint density at radius 1 is 1.46 bits per heavy atom. The first-order valence-corrected chi connectivity index (χ1v) is 4.04. The van der Waals surface area contributed by atoms with Crippen molar-refractivity contribution in [2.45, 2.75) is 12.5 Å². The SMILES string of the molecule is COc1ccc(C[C@@H](N)C#N)cc1. The maximum Gasteiger partial charge on any atom is 0.118 e. The number of benzene rings is 1. The second-order valence-corrected chi connectivity index (χ2v) is 2.79. The van der Waals surface area contributed by atoms with E-state index in [1.54, 1.807) is 7.11 Å². The molecule has 3 heteroatoms. The molecule has 0 bridgehead atoms. The van der Waals surface area contributed by atoms with Crippen LogP contribution in [-0.4, -0.2) is 13.2 Å². The maximum atomic E-state index is 8.50. The van der Waals surface area contributed by atoms with E-state index in [9.17, 15) is 0 Å². The number of nitrogens with two attached hydrogens (primary N) is 1. The highest BCUT2D eigenvalue weighted by Crippen LogP contribution is 2.11. The van der Waals surface area contributed by atoms with Gasteiger partial charge in [0.15, 0.2) is 0 Å². The van der Waals surface area contributed by atoms with E-state index in [1.165, 1.54) is 0 Å². The average molecular weight is 176 g/mol. The van der Waals surface area contributed by atoms with E-state index in [-0.39, 0.29) is 0 Å². The summed E-state index contributed by atoms with van der Waals surface area (Å²) in [6.07, 6.45) is 0.584. The van der Waals surface area contributed by atoms with Gasteiger partial charge in [-0.2, -0.15) is 5.26 Å². The minimum atomic E-state index is -0.423. The second-order valence-electron chi connectivity index (χ2n) is 2.79. The molecule has 0 saturated carbocycles. The van der Waals surface area contributed by atoms with Crippen molar-refractivity contribution in [1.29, 1.82) is 5.26 Å². The van der Waals surface area contributed by atoms with Crippen LogP contribution < -0.4 is 10.5 Å².